The molecule has 2 aliphatic rings. The minimum Gasteiger partial charge on any atom is -0.328 e. The summed E-state index contributed by atoms with van der Waals surface area (Å²) in [6.45, 7) is 0.671. The molecule has 2 saturated heterocycles. The third-order valence-electron chi connectivity index (χ3n) is 4.89. The lowest BCUT2D eigenvalue weighted by molar-refractivity contribution is 0.116. The molecule has 3 heterocycles. The van der Waals surface area contributed by atoms with Crippen molar-refractivity contribution in [2.45, 2.75) is 50.4 Å². The molecule has 0 amide bonds. The van der Waals surface area contributed by atoms with E-state index in [1.807, 2.05) is 0 Å². The highest BCUT2D eigenvalue weighted by atomic mass is 16.2. The largest absolute Gasteiger partial charge is 0.330 e. The van der Waals surface area contributed by atoms with Crippen molar-refractivity contribution in [3.05, 3.63) is 32.6 Å². The Kier molecular flexibility index (Phi) is 3.30. The second kappa shape index (κ2) is 4.86. The highest BCUT2D eigenvalue weighted by molar-refractivity contribution is 5.06. The van der Waals surface area contributed by atoms with Gasteiger partial charge in [-0.2, -0.15) is 0 Å². The lowest BCUT2D eigenvalue weighted by Gasteiger charge is -2.37. The van der Waals surface area contributed by atoms with Gasteiger partial charge < -0.3 is 5.73 Å². The molecule has 2 fully saturated rings. The lowest BCUT2D eigenvalue weighted by Crippen LogP contribution is -2.48. The van der Waals surface area contributed by atoms with Crippen molar-refractivity contribution in [1.29, 1.82) is 0 Å². The monoisotopic (exact) mass is 278 g/mol. The van der Waals surface area contributed by atoms with Crippen LogP contribution in [0.2, 0.25) is 0 Å². The second-order valence-corrected chi connectivity index (χ2v) is 6.16. The molecule has 2 bridgehead atoms. The van der Waals surface area contributed by atoms with Gasteiger partial charge in [-0.1, -0.05) is 0 Å². The zero-order valence-corrected chi connectivity index (χ0v) is 12.1. The highest BCUT2D eigenvalue weighted by Crippen LogP contribution is 2.35. The van der Waals surface area contributed by atoms with Crippen LogP contribution >= 0.6 is 0 Å². The fourth-order valence-corrected chi connectivity index (χ4v) is 3.69. The van der Waals surface area contributed by atoms with Crippen molar-refractivity contribution in [2.75, 3.05) is 0 Å². The van der Waals surface area contributed by atoms with E-state index in [0.717, 1.165) is 23.1 Å². The molecule has 0 radical (unpaired) electrons. The molecule has 0 aromatic carbocycles. The second-order valence-electron chi connectivity index (χ2n) is 6.16. The Morgan fingerprint density at radius 3 is 2.35 bits per heavy atom. The number of rotatable bonds is 2. The number of hydrogen-bond acceptors (Lipinski definition) is 4. The van der Waals surface area contributed by atoms with Crippen LogP contribution in [0, 0.1) is 0 Å². The Morgan fingerprint density at radius 2 is 1.75 bits per heavy atom. The van der Waals surface area contributed by atoms with Gasteiger partial charge in [0.25, 0.3) is 5.56 Å². The fourth-order valence-electron chi connectivity index (χ4n) is 3.69. The molecular formula is C14H22N4O2. The first-order valence-corrected chi connectivity index (χ1v) is 7.24. The molecule has 2 atom stereocenters. The highest BCUT2D eigenvalue weighted by Gasteiger charge is 2.39. The molecule has 6 heteroatoms. The van der Waals surface area contributed by atoms with Gasteiger partial charge in [-0.3, -0.25) is 18.8 Å². The number of nitrogens with zero attached hydrogens (tertiary/aromatic N) is 3. The van der Waals surface area contributed by atoms with Gasteiger partial charge in [0.1, 0.15) is 0 Å². The number of nitrogens with two attached hydrogens (primary N) is 1. The number of hydrogen-bond donors (Lipinski definition) is 1. The van der Waals surface area contributed by atoms with E-state index in [9.17, 15) is 9.59 Å². The smallest absolute Gasteiger partial charge is 0.328 e. The van der Waals surface area contributed by atoms with Gasteiger partial charge in [-0.05, 0) is 25.7 Å². The van der Waals surface area contributed by atoms with Crippen molar-refractivity contribution in [3.63, 3.8) is 0 Å². The quantitative estimate of drug-likeness (QED) is 0.794. The third-order valence-corrected chi connectivity index (χ3v) is 4.89. The first-order chi connectivity index (χ1) is 9.47. The van der Waals surface area contributed by atoms with Crippen LogP contribution in [0.5, 0.6) is 0 Å². The Balaban J connectivity index is 1.90. The average Bonchev–Trinajstić information content (AvgIpc) is 2.64. The van der Waals surface area contributed by atoms with E-state index in [1.165, 1.54) is 19.9 Å². The third kappa shape index (κ3) is 2.13. The first-order valence-electron chi connectivity index (χ1n) is 7.24. The van der Waals surface area contributed by atoms with E-state index in [-0.39, 0.29) is 11.2 Å². The predicted molar refractivity (Wildman–Crippen MR) is 76.5 cm³/mol. The Bertz CT molecular complexity index is 619. The SMILES string of the molecule is Cn1c(CN2C3CCC2CC(N)C3)cc(=O)n(C)c1=O. The van der Waals surface area contributed by atoms with E-state index in [2.05, 4.69) is 4.90 Å². The van der Waals surface area contributed by atoms with Crippen LogP contribution in [-0.4, -0.2) is 32.2 Å². The average molecular weight is 278 g/mol. The van der Waals surface area contributed by atoms with E-state index in [1.54, 1.807) is 17.7 Å². The van der Waals surface area contributed by atoms with Crippen molar-refractivity contribution in [3.8, 4) is 0 Å². The summed E-state index contributed by atoms with van der Waals surface area (Å²) >= 11 is 0. The molecule has 0 aliphatic carbocycles. The molecule has 2 aliphatic heterocycles. The van der Waals surface area contributed by atoms with Crippen LogP contribution in [0.1, 0.15) is 31.4 Å². The Labute approximate surface area is 117 Å². The maximum Gasteiger partial charge on any atom is 0.330 e. The van der Waals surface area contributed by atoms with Crippen LogP contribution < -0.4 is 17.0 Å². The fraction of sp³-hybridized carbons (Fsp3) is 0.714. The molecule has 0 saturated carbocycles. The molecule has 6 nitrogen and oxygen atoms in total. The molecule has 0 spiro atoms. The summed E-state index contributed by atoms with van der Waals surface area (Å²) in [6.07, 6.45) is 4.40. The van der Waals surface area contributed by atoms with Crippen molar-refractivity contribution < 1.29 is 0 Å². The van der Waals surface area contributed by atoms with Gasteiger partial charge in [0.05, 0.1) is 0 Å². The Hall–Kier alpha value is -1.40. The van der Waals surface area contributed by atoms with E-state index < -0.39 is 0 Å². The van der Waals surface area contributed by atoms with E-state index in [4.69, 9.17) is 5.73 Å². The van der Waals surface area contributed by atoms with Gasteiger partial charge in [0.15, 0.2) is 0 Å². The minimum absolute atomic E-state index is 0.232. The van der Waals surface area contributed by atoms with Crippen LogP contribution in [0.25, 0.3) is 0 Å². The summed E-state index contributed by atoms with van der Waals surface area (Å²) in [7, 11) is 3.24. The van der Waals surface area contributed by atoms with Crippen LogP contribution in [0.3, 0.4) is 0 Å². The molecule has 1 aromatic rings. The first kappa shape index (κ1) is 13.6. The van der Waals surface area contributed by atoms with Gasteiger partial charge in [0, 0.05) is 50.5 Å². The van der Waals surface area contributed by atoms with Gasteiger partial charge >= 0.3 is 5.69 Å². The summed E-state index contributed by atoms with van der Waals surface area (Å²) in [5.41, 5.74) is 6.38. The van der Waals surface area contributed by atoms with Crippen molar-refractivity contribution >= 4 is 0 Å². The van der Waals surface area contributed by atoms with E-state index in [0.29, 0.717) is 24.7 Å². The lowest BCUT2D eigenvalue weighted by atomic mass is 9.98. The minimum atomic E-state index is -0.256. The summed E-state index contributed by atoms with van der Waals surface area (Å²) in [5, 5.41) is 0. The molecule has 20 heavy (non-hydrogen) atoms. The predicted octanol–water partition coefficient (Wildman–Crippen LogP) is -0.462. The normalized spacial score (nSPS) is 29.9. The maximum atomic E-state index is 12.0. The topological polar surface area (TPSA) is 73.3 Å². The zero-order valence-electron chi connectivity index (χ0n) is 12.1. The maximum absolute atomic E-state index is 12.0. The van der Waals surface area contributed by atoms with Crippen molar-refractivity contribution in [2.24, 2.45) is 19.8 Å². The van der Waals surface area contributed by atoms with Crippen LogP contribution in [0.15, 0.2) is 15.7 Å². The summed E-state index contributed by atoms with van der Waals surface area (Å²) < 4.78 is 2.72. The summed E-state index contributed by atoms with van der Waals surface area (Å²) in [6, 6.07) is 2.89. The van der Waals surface area contributed by atoms with Gasteiger partial charge in [0.2, 0.25) is 0 Å². The number of aromatic nitrogens is 2. The van der Waals surface area contributed by atoms with Crippen LogP contribution in [0.4, 0.5) is 0 Å². The molecule has 2 unspecified atom stereocenters. The summed E-state index contributed by atoms with van der Waals surface area (Å²) in [5.74, 6) is 0. The van der Waals surface area contributed by atoms with Gasteiger partial charge in [-0.15, -0.1) is 0 Å². The number of fused-ring (bicyclic) bond motifs is 2. The van der Waals surface area contributed by atoms with Crippen LogP contribution in [-0.2, 0) is 20.6 Å². The summed E-state index contributed by atoms with van der Waals surface area (Å²) in [4.78, 5) is 26.2. The Morgan fingerprint density at radius 1 is 1.15 bits per heavy atom. The molecule has 110 valence electrons. The standard InChI is InChI=1S/C14H22N4O2/c1-16-12(7-13(19)17(2)14(16)20)8-18-10-3-4-11(18)6-9(15)5-10/h7,9-11H,3-6,8,15H2,1-2H3. The van der Waals surface area contributed by atoms with Crippen molar-refractivity contribution in [1.82, 2.24) is 14.0 Å². The molecule has 2 N–H and O–H groups in total. The number of piperidine rings is 1. The zero-order chi connectivity index (χ0) is 14.4. The molecular weight excluding hydrogens is 256 g/mol. The molecule has 1 aromatic heterocycles. The van der Waals surface area contributed by atoms with E-state index >= 15 is 0 Å². The van der Waals surface area contributed by atoms with Gasteiger partial charge in [-0.25, -0.2) is 4.79 Å². The molecule has 3 rings (SSSR count).